The van der Waals surface area contributed by atoms with Crippen molar-refractivity contribution < 1.29 is 14.7 Å². The van der Waals surface area contributed by atoms with Crippen molar-refractivity contribution in [3.63, 3.8) is 0 Å². The average molecular weight is 257 g/mol. The molecule has 0 fully saturated rings. The highest BCUT2D eigenvalue weighted by atomic mass is 32.1. The minimum atomic E-state index is -0.807. The van der Waals surface area contributed by atoms with E-state index in [1.165, 1.54) is 11.3 Å². The highest BCUT2D eigenvalue weighted by Crippen LogP contribution is 1.99. The Morgan fingerprint density at radius 3 is 2.82 bits per heavy atom. The first-order valence-electron chi connectivity index (χ1n) is 5.29. The molecule has 0 aliphatic heterocycles. The number of aliphatic carboxylic acids is 1. The van der Waals surface area contributed by atoms with Crippen molar-refractivity contribution in [2.45, 2.75) is 25.8 Å². The first kappa shape index (κ1) is 13.4. The Morgan fingerprint density at radius 1 is 1.35 bits per heavy atom. The average Bonchev–Trinajstić information content (AvgIpc) is 2.78. The van der Waals surface area contributed by atoms with Gasteiger partial charge < -0.3 is 15.7 Å². The molecule has 1 aromatic rings. The second kappa shape index (κ2) is 7.61. The number of carbonyl (C=O) groups excluding carboxylic acids is 1. The summed E-state index contributed by atoms with van der Waals surface area (Å²) in [5.74, 6) is -0.807. The number of carboxylic acid groups (broad SMARTS) is 1. The number of urea groups is 1. The van der Waals surface area contributed by atoms with Crippen LogP contribution in [0.3, 0.4) is 0 Å². The van der Waals surface area contributed by atoms with Crippen LogP contribution in [0.1, 0.15) is 25.0 Å². The van der Waals surface area contributed by atoms with E-state index in [9.17, 15) is 9.59 Å². The van der Waals surface area contributed by atoms with E-state index in [1.54, 1.807) is 5.51 Å². The zero-order chi connectivity index (χ0) is 12.5. The number of carbonyl (C=O) groups is 2. The molecule has 0 unspecified atom stereocenters. The standard InChI is InChI=1S/C10H15N3O3S/c14-9(15)3-1-2-4-11-10(16)12-5-8-6-17-7-13-8/h6-7H,1-5H2,(H,14,15)(H2,11,12,16). The summed E-state index contributed by atoms with van der Waals surface area (Å²) in [7, 11) is 0. The van der Waals surface area contributed by atoms with Crippen LogP contribution >= 0.6 is 11.3 Å². The van der Waals surface area contributed by atoms with Crippen LogP contribution in [0.4, 0.5) is 4.79 Å². The van der Waals surface area contributed by atoms with Crippen molar-refractivity contribution in [1.29, 1.82) is 0 Å². The molecule has 6 nitrogen and oxygen atoms in total. The molecular weight excluding hydrogens is 242 g/mol. The monoisotopic (exact) mass is 257 g/mol. The van der Waals surface area contributed by atoms with Gasteiger partial charge in [-0.1, -0.05) is 0 Å². The molecule has 1 rings (SSSR count). The summed E-state index contributed by atoms with van der Waals surface area (Å²) in [6.07, 6.45) is 1.38. The van der Waals surface area contributed by atoms with Crippen LogP contribution in [-0.2, 0) is 11.3 Å². The fraction of sp³-hybridized carbons (Fsp3) is 0.500. The molecule has 0 saturated heterocycles. The fourth-order valence-corrected chi connectivity index (χ4v) is 1.72. The number of hydrogen-bond acceptors (Lipinski definition) is 4. The van der Waals surface area contributed by atoms with Crippen LogP contribution in [-0.4, -0.2) is 28.6 Å². The summed E-state index contributed by atoms with van der Waals surface area (Å²) in [4.78, 5) is 25.5. The minimum absolute atomic E-state index is 0.141. The second-order valence-corrected chi connectivity index (χ2v) is 4.16. The number of unbranched alkanes of at least 4 members (excludes halogenated alkanes) is 1. The maximum atomic E-state index is 11.3. The zero-order valence-corrected chi connectivity index (χ0v) is 10.1. The van der Waals surface area contributed by atoms with Crippen LogP contribution in [0.25, 0.3) is 0 Å². The molecular formula is C10H15N3O3S. The lowest BCUT2D eigenvalue weighted by molar-refractivity contribution is -0.137. The van der Waals surface area contributed by atoms with Gasteiger partial charge in [0.25, 0.3) is 0 Å². The SMILES string of the molecule is O=C(O)CCCCNC(=O)NCc1cscn1. The fourth-order valence-electron chi connectivity index (χ4n) is 1.16. The molecule has 1 heterocycles. The lowest BCUT2D eigenvalue weighted by Gasteiger charge is -2.05. The van der Waals surface area contributed by atoms with E-state index in [1.807, 2.05) is 5.38 Å². The lowest BCUT2D eigenvalue weighted by atomic mass is 10.2. The van der Waals surface area contributed by atoms with Crippen molar-refractivity contribution in [2.75, 3.05) is 6.54 Å². The van der Waals surface area contributed by atoms with Crippen molar-refractivity contribution in [3.8, 4) is 0 Å². The molecule has 0 spiro atoms. The molecule has 0 aromatic carbocycles. The minimum Gasteiger partial charge on any atom is -0.481 e. The van der Waals surface area contributed by atoms with E-state index in [0.29, 0.717) is 25.9 Å². The maximum absolute atomic E-state index is 11.3. The third-order valence-corrected chi connectivity index (χ3v) is 2.65. The lowest BCUT2D eigenvalue weighted by Crippen LogP contribution is -2.35. The van der Waals surface area contributed by atoms with Crippen LogP contribution < -0.4 is 10.6 Å². The van der Waals surface area contributed by atoms with Crippen molar-refractivity contribution in [1.82, 2.24) is 15.6 Å². The summed E-state index contributed by atoms with van der Waals surface area (Å²) in [6, 6.07) is -0.256. The van der Waals surface area contributed by atoms with Gasteiger partial charge in [0.1, 0.15) is 0 Å². The zero-order valence-electron chi connectivity index (χ0n) is 9.31. The molecule has 17 heavy (non-hydrogen) atoms. The molecule has 0 saturated carbocycles. The van der Waals surface area contributed by atoms with E-state index in [2.05, 4.69) is 15.6 Å². The van der Waals surface area contributed by atoms with Gasteiger partial charge in [0.05, 0.1) is 17.7 Å². The quantitative estimate of drug-likeness (QED) is 0.640. The number of aromatic nitrogens is 1. The van der Waals surface area contributed by atoms with Gasteiger partial charge in [0, 0.05) is 18.3 Å². The number of rotatable bonds is 7. The van der Waals surface area contributed by atoms with Crippen LogP contribution in [0.5, 0.6) is 0 Å². The molecule has 2 amide bonds. The summed E-state index contributed by atoms with van der Waals surface area (Å²) in [5.41, 5.74) is 2.54. The van der Waals surface area contributed by atoms with Crippen LogP contribution in [0, 0.1) is 0 Å². The van der Waals surface area contributed by atoms with Gasteiger partial charge in [0.15, 0.2) is 0 Å². The van der Waals surface area contributed by atoms with E-state index in [-0.39, 0.29) is 12.5 Å². The van der Waals surface area contributed by atoms with Gasteiger partial charge in [-0.3, -0.25) is 4.79 Å². The first-order chi connectivity index (χ1) is 8.18. The van der Waals surface area contributed by atoms with E-state index >= 15 is 0 Å². The summed E-state index contributed by atoms with van der Waals surface area (Å²) in [5, 5.41) is 15.6. The maximum Gasteiger partial charge on any atom is 0.315 e. The summed E-state index contributed by atoms with van der Waals surface area (Å²) in [6.45, 7) is 0.890. The Kier molecular flexibility index (Phi) is 6.02. The van der Waals surface area contributed by atoms with E-state index in [4.69, 9.17) is 5.11 Å². The van der Waals surface area contributed by atoms with Crippen molar-refractivity contribution in [3.05, 3.63) is 16.6 Å². The highest BCUT2D eigenvalue weighted by molar-refractivity contribution is 7.07. The Labute approximate surface area is 103 Å². The predicted molar refractivity (Wildman–Crippen MR) is 63.8 cm³/mol. The first-order valence-corrected chi connectivity index (χ1v) is 6.23. The number of hydrogen-bond donors (Lipinski definition) is 3. The third kappa shape index (κ3) is 6.52. The molecule has 0 aliphatic carbocycles. The summed E-state index contributed by atoms with van der Waals surface area (Å²) >= 11 is 1.48. The van der Waals surface area contributed by atoms with Crippen molar-refractivity contribution in [2.24, 2.45) is 0 Å². The Morgan fingerprint density at radius 2 is 2.18 bits per heavy atom. The highest BCUT2D eigenvalue weighted by Gasteiger charge is 2.01. The molecule has 1 aromatic heterocycles. The molecule has 3 N–H and O–H groups in total. The number of thiazole rings is 1. The topological polar surface area (TPSA) is 91.3 Å². The normalized spacial score (nSPS) is 9.88. The molecule has 94 valence electrons. The van der Waals surface area contributed by atoms with Crippen LogP contribution in [0.2, 0.25) is 0 Å². The molecule has 0 atom stereocenters. The van der Waals surface area contributed by atoms with Gasteiger partial charge in [-0.05, 0) is 12.8 Å². The van der Waals surface area contributed by atoms with Gasteiger partial charge in [-0.15, -0.1) is 11.3 Å². The Bertz CT molecular complexity index is 354. The van der Waals surface area contributed by atoms with Gasteiger partial charge >= 0.3 is 12.0 Å². The third-order valence-electron chi connectivity index (χ3n) is 2.02. The van der Waals surface area contributed by atoms with E-state index < -0.39 is 5.97 Å². The molecule has 0 radical (unpaired) electrons. The Balaban J connectivity index is 2.00. The van der Waals surface area contributed by atoms with Crippen molar-refractivity contribution >= 4 is 23.3 Å². The number of carboxylic acids is 1. The Hall–Kier alpha value is -1.63. The van der Waals surface area contributed by atoms with Gasteiger partial charge in [-0.25, -0.2) is 9.78 Å². The number of amides is 2. The second-order valence-electron chi connectivity index (χ2n) is 3.44. The number of nitrogens with one attached hydrogen (secondary N) is 2. The van der Waals surface area contributed by atoms with Gasteiger partial charge in [0.2, 0.25) is 0 Å². The predicted octanol–water partition coefficient (Wildman–Crippen LogP) is 1.20. The molecule has 0 bridgehead atoms. The molecule has 7 heteroatoms. The molecule has 0 aliphatic rings. The summed E-state index contributed by atoms with van der Waals surface area (Å²) < 4.78 is 0. The smallest absolute Gasteiger partial charge is 0.315 e. The number of nitrogens with zero attached hydrogens (tertiary/aromatic N) is 1. The van der Waals surface area contributed by atoms with Gasteiger partial charge in [-0.2, -0.15) is 0 Å². The van der Waals surface area contributed by atoms with Crippen LogP contribution in [0.15, 0.2) is 10.9 Å². The van der Waals surface area contributed by atoms with E-state index in [0.717, 1.165) is 5.69 Å². The largest absolute Gasteiger partial charge is 0.481 e.